The minimum absolute atomic E-state index is 0.0429. The number of carbonyl (C=O) groups is 1. The van der Waals surface area contributed by atoms with E-state index in [4.69, 9.17) is 9.47 Å². The van der Waals surface area contributed by atoms with Crippen molar-refractivity contribution in [2.75, 3.05) is 20.3 Å². The van der Waals surface area contributed by atoms with Crippen molar-refractivity contribution in [2.24, 2.45) is 5.92 Å². The van der Waals surface area contributed by atoms with Crippen molar-refractivity contribution in [1.29, 1.82) is 0 Å². The summed E-state index contributed by atoms with van der Waals surface area (Å²) in [7, 11) is 1.65. The predicted molar refractivity (Wildman–Crippen MR) is 90.3 cm³/mol. The van der Waals surface area contributed by atoms with Crippen LogP contribution in [0.2, 0.25) is 0 Å². The van der Waals surface area contributed by atoms with Crippen LogP contribution >= 0.6 is 0 Å². The largest absolute Gasteiger partial charge is 0.493 e. The number of nitrogens with one attached hydrogen (secondary N) is 1. The smallest absolute Gasteiger partial charge is 0.221 e. The molecule has 6 nitrogen and oxygen atoms in total. The minimum atomic E-state index is 0.0429. The number of aromatic nitrogens is 2. The van der Waals surface area contributed by atoms with E-state index in [0.29, 0.717) is 26.1 Å². The van der Waals surface area contributed by atoms with Gasteiger partial charge in [0.1, 0.15) is 0 Å². The van der Waals surface area contributed by atoms with E-state index in [9.17, 15) is 4.79 Å². The summed E-state index contributed by atoms with van der Waals surface area (Å²) in [5.74, 6) is 1.92. The Morgan fingerprint density at radius 1 is 1.46 bits per heavy atom. The minimum Gasteiger partial charge on any atom is -0.493 e. The molecule has 1 unspecified atom stereocenters. The lowest BCUT2D eigenvalue weighted by molar-refractivity contribution is -0.121. The number of hydrogen-bond acceptors (Lipinski definition) is 4. The van der Waals surface area contributed by atoms with Gasteiger partial charge in [-0.1, -0.05) is 12.1 Å². The highest BCUT2D eigenvalue weighted by molar-refractivity contribution is 5.75. The molecule has 1 aromatic heterocycles. The molecular formula is C18H23N3O3. The molecule has 0 saturated carbocycles. The van der Waals surface area contributed by atoms with Crippen LogP contribution < -0.4 is 14.8 Å². The molecule has 24 heavy (non-hydrogen) atoms. The van der Waals surface area contributed by atoms with Crippen LogP contribution in [0.5, 0.6) is 11.5 Å². The highest BCUT2D eigenvalue weighted by Gasteiger charge is 2.22. The normalized spacial score (nSPS) is 16.2. The van der Waals surface area contributed by atoms with Gasteiger partial charge < -0.3 is 14.8 Å². The topological polar surface area (TPSA) is 65.4 Å². The molecule has 0 radical (unpaired) electrons. The van der Waals surface area contributed by atoms with Crippen molar-refractivity contribution in [2.45, 2.75) is 26.3 Å². The van der Waals surface area contributed by atoms with Crippen LogP contribution in [0.4, 0.5) is 0 Å². The number of benzene rings is 1. The Kier molecular flexibility index (Phi) is 5.03. The van der Waals surface area contributed by atoms with Gasteiger partial charge in [-0.3, -0.25) is 9.48 Å². The van der Waals surface area contributed by atoms with Crippen molar-refractivity contribution in [3.05, 3.63) is 41.7 Å². The number of ether oxygens (including phenoxy) is 2. The molecule has 6 heteroatoms. The molecule has 0 aliphatic carbocycles. The molecule has 0 bridgehead atoms. The van der Waals surface area contributed by atoms with Gasteiger partial charge in [0.25, 0.3) is 0 Å². The third-order valence-electron chi connectivity index (χ3n) is 4.32. The molecule has 2 aromatic rings. The fourth-order valence-electron chi connectivity index (χ4n) is 2.94. The predicted octanol–water partition coefficient (Wildman–Crippen LogP) is 1.96. The zero-order chi connectivity index (χ0) is 16.9. The lowest BCUT2D eigenvalue weighted by Gasteiger charge is -2.26. The van der Waals surface area contributed by atoms with Gasteiger partial charge in [0.05, 0.1) is 13.7 Å². The number of aryl methyl sites for hydroxylation is 2. The van der Waals surface area contributed by atoms with Gasteiger partial charge in [-0.2, -0.15) is 5.10 Å². The summed E-state index contributed by atoms with van der Waals surface area (Å²) >= 11 is 0. The lowest BCUT2D eigenvalue weighted by Crippen LogP contribution is -2.35. The van der Waals surface area contributed by atoms with E-state index in [1.807, 2.05) is 35.9 Å². The van der Waals surface area contributed by atoms with E-state index < -0.39 is 0 Å². The van der Waals surface area contributed by atoms with E-state index in [0.717, 1.165) is 29.2 Å². The molecule has 1 aliphatic rings. The number of nitrogens with zero attached hydrogens (tertiary/aromatic N) is 2. The van der Waals surface area contributed by atoms with Crippen molar-refractivity contribution in [3.63, 3.8) is 0 Å². The number of hydrogen-bond donors (Lipinski definition) is 1. The number of carbonyl (C=O) groups excluding carboxylic acids is 1. The first-order chi connectivity index (χ1) is 11.7. The van der Waals surface area contributed by atoms with E-state index in [-0.39, 0.29) is 11.8 Å². The fraction of sp³-hybridized carbons (Fsp3) is 0.444. The number of amides is 1. The van der Waals surface area contributed by atoms with Gasteiger partial charge in [-0.15, -0.1) is 0 Å². The average Bonchev–Trinajstić information content (AvgIpc) is 3.02. The maximum atomic E-state index is 12.0. The molecule has 1 N–H and O–H groups in total. The zero-order valence-corrected chi connectivity index (χ0v) is 14.1. The van der Waals surface area contributed by atoms with Crippen molar-refractivity contribution in [1.82, 2.24) is 15.1 Å². The second kappa shape index (κ2) is 7.38. The first kappa shape index (κ1) is 16.4. The van der Waals surface area contributed by atoms with Crippen LogP contribution in [0, 0.1) is 12.8 Å². The van der Waals surface area contributed by atoms with Crippen molar-refractivity contribution in [3.8, 4) is 11.5 Å². The molecule has 3 rings (SSSR count). The summed E-state index contributed by atoms with van der Waals surface area (Å²) in [6, 6.07) is 7.85. The zero-order valence-electron chi connectivity index (χ0n) is 14.1. The number of methoxy groups -OCH3 is 1. The van der Waals surface area contributed by atoms with Gasteiger partial charge >= 0.3 is 0 Å². The summed E-state index contributed by atoms with van der Waals surface area (Å²) in [5.41, 5.74) is 2.20. The standard InChI is InChI=1S/C18H23N3O3/c1-13-6-8-20-21(13)9-7-17(22)19-11-14-10-15-4-3-5-16(23-2)18(15)24-12-14/h3-6,8,14H,7,9-12H2,1-2H3,(H,19,22). The first-order valence-electron chi connectivity index (χ1n) is 8.21. The molecule has 1 aliphatic heterocycles. The molecule has 128 valence electrons. The second-order valence-electron chi connectivity index (χ2n) is 6.08. The molecule has 1 aromatic carbocycles. The van der Waals surface area contributed by atoms with Crippen LogP contribution in [0.25, 0.3) is 0 Å². The molecule has 0 spiro atoms. The fourth-order valence-corrected chi connectivity index (χ4v) is 2.94. The SMILES string of the molecule is COc1cccc2c1OCC(CNC(=O)CCn1nccc1C)C2. The van der Waals surface area contributed by atoms with Gasteiger partial charge in [0.15, 0.2) is 11.5 Å². The van der Waals surface area contributed by atoms with Gasteiger partial charge in [-0.05, 0) is 31.0 Å². The first-order valence-corrected chi connectivity index (χ1v) is 8.21. The van der Waals surface area contributed by atoms with Gasteiger partial charge in [-0.25, -0.2) is 0 Å². The molecule has 2 heterocycles. The number of fused-ring (bicyclic) bond motifs is 1. The third kappa shape index (κ3) is 3.69. The Balaban J connectivity index is 1.47. The maximum Gasteiger partial charge on any atom is 0.221 e. The van der Waals surface area contributed by atoms with Crippen LogP contribution in [-0.4, -0.2) is 35.9 Å². The molecular weight excluding hydrogens is 306 g/mol. The van der Waals surface area contributed by atoms with Crippen LogP contribution in [0.3, 0.4) is 0 Å². The highest BCUT2D eigenvalue weighted by Crippen LogP contribution is 2.35. The van der Waals surface area contributed by atoms with Crippen LogP contribution in [0.15, 0.2) is 30.5 Å². The van der Waals surface area contributed by atoms with E-state index in [1.54, 1.807) is 13.3 Å². The van der Waals surface area contributed by atoms with Gasteiger partial charge in [0.2, 0.25) is 5.91 Å². The Morgan fingerprint density at radius 3 is 3.08 bits per heavy atom. The van der Waals surface area contributed by atoms with E-state index in [2.05, 4.69) is 10.4 Å². The summed E-state index contributed by atoms with van der Waals surface area (Å²) in [6.45, 7) is 3.79. The Hall–Kier alpha value is -2.50. The summed E-state index contributed by atoms with van der Waals surface area (Å²) in [6.07, 6.45) is 3.06. The Labute approximate surface area is 141 Å². The van der Waals surface area contributed by atoms with Gasteiger partial charge in [0, 0.05) is 37.3 Å². The molecule has 1 atom stereocenters. The quantitative estimate of drug-likeness (QED) is 0.880. The highest BCUT2D eigenvalue weighted by atomic mass is 16.5. The maximum absolute atomic E-state index is 12.0. The van der Waals surface area contributed by atoms with Crippen LogP contribution in [-0.2, 0) is 17.8 Å². The van der Waals surface area contributed by atoms with Crippen molar-refractivity contribution < 1.29 is 14.3 Å². The Bertz CT molecular complexity index is 711. The number of rotatable bonds is 6. The van der Waals surface area contributed by atoms with E-state index >= 15 is 0 Å². The molecule has 1 amide bonds. The summed E-state index contributed by atoms with van der Waals surface area (Å²) in [4.78, 5) is 12.0. The monoisotopic (exact) mass is 329 g/mol. The molecule has 0 saturated heterocycles. The lowest BCUT2D eigenvalue weighted by atomic mass is 9.96. The summed E-state index contributed by atoms with van der Waals surface area (Å²) < 4.78 is 13.0. The van der Waals surface area contributed by atoms with Crippen molar-refractivity contribution >= 4 is 5.91 Å². The molecule has 0 fully saturated rings. The second-order valence-corrected chi connectivity index (χ2v) is 6.08. The average molecular weight is 329 g/mol. The third-order valence-corrected chi connectivity index (χ3v) is 4.32. The van der Waals surface area contributed by atoms with E-state index in [1.165, 1.54) is 0 Å². The number of para-hydroxylation sites is 1. The summed E-state index contributed by atoms with van der Waals surface area (Å²) in [5, 5.41) is 7.19. The Morgan fingerprint density at radius 2 is 2.33 bits per heavy atom. The van der Waals surface area contributed by atoms with Crippen LogP contribution in [0.1, 0.15) is 17.7 Å².